The summed E-state index contributed by atoms with van der Waals surface area (Å²) in [5, 5.41) is 0. The van der Waals surface area contributed by atoms with Gasteiger partial charge in [0.15, 0.2) is 0 Å². The summed E-state index contributed by atoms with van der Waals surface area (Å²) in [5.41, 5.74) is 4.15. The van der Waals surface area contributed by atoms with Gasteiger partial charge in [0.25, 0.3) is 5.91 Å². The first-order chi connectivity index (χ1) is 11.0. The van der Waals surface area contributed by atoms with E-state index in [0.717, 1.165) is 11.1 Å². The number of hydrogen-bond acceptors (Lipinski definition) is 3. The summed E-state index contributed by atoms with van der Waals surface area (Å²) < 4.78 is 29.6. The Morgan fingerprint density at radius 3 is 2.57 bits per heavy atom. The molecule has 2 aromatic rings. The van der Waals surface area contributed by atoms with Crippen LogP contribution in [0.15, 0.2) is 46.9 Å². The quantitative estimate of drug-likeness (QED) is 0.757. The van der Waals surface area contributed by atoms with Crippen LogP contribution in [0.5, 0.6) is 5.75 Å². The van der Waals surface area contributed by atoms with Crippen LogP contribution in [0.1, 0.15) is 21.5 Å². The second-order valence-corrected chi connectivity index (χ2v) is 5.64. The molecule has 0 bridgehead atoms. The Labute approximate surface area is 140 Å². The lowest BCUT2D eigenvalue weighted by molar-refractivity contribution is -0.0504. The van der Waals surface area contributed by atoms with Crippen molar-refractivity contribution in [2.45, 2.75) is 20.1 Å². The first-order valence-corrected chi connectivity index (χ1v) is 7.47. The fourth-order valence-electron chi connectivity index (χ4n) is 1.80. The van der Waals surface area contributed by atoms with E-state index in [-0.39, 0.29) is 17.9 Å². The monoisotopic (exact) mass is 385 g/mol. The lowest BCUT2D eigenvalue weighted by atomic mass is 10.2. The van der Waals surface area contributed by atoms with E-state index in [4.69, 9.17) is 4.84 Å². The molecule has 0 aromatic heterocycles. The minimum Gasteiger partial charge on any atom is -0.434 e. The minimum atomic E-state index is -3.02. The number of nitrogens with one attached hydrogen (secondary N) is 1. The normalized spacial score (nSPS) is 10.7. The number of halogens is 3. The molecule has 0 unspecified atom stereocenters. The number of hydroxylamine groups is 1. The number of carbonyl (C=O) groups is 1. The minimum absolute atomic E-state index is 0.0522. The number of amides is 1. The third kappa shape index (κ3) is 5.30. The summed E-state index contributed by atoms with van der Waals surface area (Å²) in [6.07, 6.45) is 0. The predicted octanol–water partition coefficient (Wildman–Crippen LogP) is 4.22. The van der Waals surface area contributed by atoms with Gasteiger partial charge in [-0.05, 0) is 30.7 Å². The van der Waals surface area contributed by atoms with Crippen LogP contribution in [0.25, 0.3) is 0 Å². The molecule has 1 amide bonds. The van der Waals surface area contributed by atoms with Crippen molar-refractivity contribution < 1.29 is 23.1 Å². The molecule has 0 aliphatic rings. The van der Waals surface area contributed by atoms with Gasteiger partial charge < -0.3 is 4.74 Å². The molecule has 23 heavy (non-hydrogen) atoms. The summed E-state index contributed by atoms with van der Waals surface area (Å²) in [6.45, 7) is -0.897. The van der Waals surface area contributed by atoms with Crippen LogP contribution in [0, 0.1) is 6.92 Å². The summed E-state index contributed by atoms with van der Waals surface area (Å²) in [5.74, 6) is -0.895. The summed E-state index contributed by atoms with van der Waals surface area (Å²) in [6, 6.07) is 11.7. The van der Waals surface area contributed by atoms with Gasteiger partial charge in [0.2, 0.25) is 0 Å². The predicted molar refractivity (Wildman–Crippen MR) is 84.2 cm³/mol. The highest BCUT2D eigenvalue weighted by Crippen LogP contribution is 2.24. The molecule has 2 rings (SSSR count). The highest BCUT2D eigenvalue weighted by Gasteiger charge is 2.16. The van der Waals surface area contributed by atoms with Gasteiger partial charge in [-0.2, -0.15) is 8.78 Å². The van der Waals surface area contributed by atoms with E-state index in [9.17, 15) is 13.6 Å². The molecule has 0 heterocycles. The van der Waals surface area contributed by atoms with Gasteiger partial charge in [-0.1, -0.05) is 45.8 Å². The van der Waals surface area contributed by atoms with E-state index in [1.165, 1.54) is 18.2 Å². The summed E-state index contributed by atoms with van der Waals surface area (Å²) in [7, 11) is 0. The zero-order valence-corrected chi connectivity index (χ0v) is 13.8. The van der Waals surface area contributed by atoms with E-state index in [0.29, 0.717) is 4.47 Å². The average Bonchev–Trinajstić information content (AvgIpc) is 2.50. The van der Waals surface area contributed by atoms with Gasteiger partial charge in [-0.25, -0.2) is 5.48 Å². The Bertz CT molecular complexity index is 678. The summed E-state index contributed by atoms with van der Waals surface area (Å²) >= 11 is 3.18. The average molecular weight is 386 g/mol. The van der Waals surface area contributed by atoms with E-state index in [1.807, 2.05) is 31.2 Å². The standard InChI is InChI=1S/C16H14BrF2NO3/c1-10-2-4-11(5-3-10)9-22-20-15(21)13-8-12(17)6-7-14(13)23-16(18)19/h2-8,16H,9H2,1H3,(H,20,21). The second-order valence-electron chi connectivity index (χ2n) is 4.72. The zero-order valence-electron chi connectivity index (χ0n) is 12.2. The van der Waals surface area contributed by atoms with E-state index in [2.05, 4.69) is 26.1 Å². The Morgan fingerprint density at radius 1 is 1.22 bits per heavy atom. The Hall–Kier alpha value is -1.99. The van der Waals surface area contributed by atoms with E-state index < -0.39 is 12.5 Å². The van der Waals surface area contributed by atoms with Crippen LogP contribution in [-0.2, 0) is 11.4 Å². The van der Waals surface area contributed by atoms with Crippen LogP contribution < -0.4 is 10.2 Å². The molecule has 0 aliphatic heterocycles. The van der Waals surface area contributed by atoms with Gasteiger partial charge in [-0.15, -0.1) is 0 Å². The molecule has 2 aromatic carbocycles. The van der Waals surface area contributed by atoms with Crippen molar-refractivity contribution >= 4 is 21.8 Å². The van der Waals surface area contributed by atoms with Gasteiger partial charge in [-0.3, -0.25) is 9.63 Å². The number of rotatable bonds is 6. The fraction of sp³-hybridized carbons (Fsp3) is 0.188. The fourth-order valence-corrected chi connectivity index (χ4v) is 2.16. The van der Waals surface area contributed by atoms with Gasteiger partial charge in [0.05, 0.1) is 12.2 Å². The number of aryl methyl sites for hydroxylation is 1. The first kappa shape index (κ1) is 17.4. The van der Waals surface area contributed by atoms with Crippen LogP contribution in [0.3, 0.4) is 0 Å². The van der Waals surface area contributed by atoms with Crippen molar-refractivity contribution in [1.29, 1.82) is 0 Å². The molecular formula is C16H14BrF2NO3. The maximum atomic E-state index is 12.4. The highest BCUT2D eigenvalue weighted by molar-refractivity contribution is 9.10. The zero-order chi connectivity index (χ0) is 16.8. The maximum Gasteiger partial charge on any atom is 0.387 e. The summed E-state index contributed by atoms with van der Waals surface area (Å²) in [4.78, 5) is 17.2. The molecule has 0 atom stereocenters. The number of ether oxygens (including phenoxy) is 1. The largest absolute Gasteiger partial charge is 0.434 e. The highest BCUT2D eigenvalue weighted by atomic mass is 79.9. The molecule has 7 heteroatoms. The molecule has 0 aliphatic carbocycles. The lowest BCUT2D eigenvalue weighted by Gasteiger charge is -2.11. The van der Waals surface area contributed by atoms with Gasteiger partial charge >= 0.3 is 6.61 Å². The molecule has 0 spiro atoms. The van der Waals surface area contributed by atoms with Crippen LogP contribution in [0.4, 0.5) is 8.78 Å². The number of hydrogen-bond donors (Lipinski definition) is 1. The smallest absolute Gasteiger partial charge is 0.387 e. The van der Waals surface area contributed by atoms with Gasteiger partial charge in [0.1, 0.15) is 5.75 Å². The lowest BCUT2D eigenvalue weighted by Crippen LogP contribution is -2.24. The second kappa shape index (κ2) is 8.03. The Balaban J connectivity index is 1.99. The first-order valence-electron chi connectivity index (χ1n) is 6.68. The topological polar surface area (TPSA) is 47.6 Å². The van der Waals surface area contributed by atoms with E-state index in [1.54, 1.807) is 0 Å². The number of benzene rings is 2. The molecular weight excluding hydrogens is 372 g/mol. The molecule has 4 nitrogen and oxygen atoms in total. The van der Waals surface area contributed by atoms with Crippen molar-refractivity contribution in [2.75, 3.05) is 0 Å². The van der Waals surface area contributed by atoms with E-state index >= 15 is 0 Å². The van der Waals surface area contributed by atoms with Crippen LogP contribution >= 0.6 is 15.9 Å². The number of carbonyl (C=O) groups excluding carboxylic acids is 1. The van der Waals surface area contributed by atoms with Gasteiger partial charge in [0, 0.05) is 4.47 Å². The molecule has 0 fully saturated rings. The van der Waals surface area contributed by atoms with Crippen molar-refractivity contribution in [3.05, 3.63) is 63.6 Å². The maximum absolute atomic E-state index is 12.4. The van der Waals surface area contributed by atoms with Crippen molar-refractivity contribution in [1.82, 2.24) is 5.48 Å². The third-order valence-corrected chi connectivity index (χ3v) is 3.42. The molecule has 0 saturated carbocycles. The van der Waals surface area contributed by atoms with Crippen molar-refractivity contribution in [3.63, 3.8) is 0 Å². The molecule has 0 saturated heterocycles. The molecule has 1 N–H and O–H groups in total. The van der Waals surface area contributed by atoms with Crippen molar-refractivity contribution in [2.24, 2.45) is 0 Å². The Kier molecular flexibility index (Phi) is 6.06. The van der Waals surface area contributed by atoms with Crippen LogP contribution in [0.2, 0.25) is 0 Å². The Morgan fingerprint density at radius 2 is 1.91 bits per heavy atom. The van der Waals surface area contributed by atoms with Crippen molar-refractivity contribution in [3.8, 4) is 5.75 Å². The third-order valence-electron chi connectivity index (χ3n) is 2.93. The molecule has 0 radical (unpaired) electrons. The number of alkyl halides is 2. The SMILES string of the molecule is Cc1ccc(CONC(=O)c2cc(Br)ccc2OC(F)F)cc1. The molecule has 122 valence electrons. The van der Waals surface area contributed by atoms with Crippen LogP contribution in [-0.4, -0.2) is 12.5 Å².